The van der Waals surface area contributed by atoms with Gasteiger partial charge in [-0.2, -0.15) is 0 Å². The fourth-order valence-electron chi connectivity index (χ4n) is 4.88. The van der Waals surface area contributed by atoms with Crippen LogP contribution in [0.5, 0.6) is 0 Å². The van der Waals surface area contributed by atoms with E-state index in [2.05, 4.69) is 15.4 Å². The number of amides is 4. The molecule has 1 saturated heterocycles. The first kappa shape index (κ1) is 27.2. The summed E-state index contributed by atoms with van der Waals surface area (Å²) in [5.41, 5.74) is -1.36. The molecule has 3 aliphatic rings. The Morgan fingerprint density at radius 3 is 2.63 bits per heavy atom. The summed E-state index contributed by atoms with van der Waals surface area (Å²) in [6.07, 6.45) is 9.33. The maximum atomic E-state index is 13.4. The van der Waals surface area contributed by atoms with Crippen molar-refractivity contribution in [2.45, 2.75) is 101 Å². The van der Waals surface area contributed by atoms with E-state index in [0.29, 0.717) is 38.6 Å². The Morgan fingerprint density at radius 2 is 1.94 bits per heavy atom. The molecule has 0 aromatic carbocycles. The quantitative estimate of drug-likeness (QED) is 0.473. The summed E-state index contributed by atoms with van der Waals surface area (Å²) in [6.45, 7) is 5.00. The molecule has 3 N–H and O–H groups in total. The lowest BCUT2D eigenvalue weighted by Crippen LogP contribution is -2.58. The summed E-state index contributed by atoms with van der Waals surface area (Å²) in [5.74, 6) is -2.13. The van der Waals surface area contributed by atoms with E-state index in [1.165, 1.54) is 18.7 Å². The Balaban J connectivity index is 1.86. The molecule has 196 valence electrons. The zero-order valence-corrected chi connectivity index (χ0v) is 21.7. The second kappa shape index (κ2) is 11.1. The molecule has 3 rings (SSSR count). The van der Waals surface area contributed by atoms with Gasteiger partial charge in [0.2, 0.25) is 27.7 Å². The summed E-state index contributed by atoms with van der Waals surface area (Å²) in [6, 6.07) is -1.47. The van der Waals surface area contributed by atoms with Gasteiger partial charge in [0.15, 0.2) is 0 Å². The molecule has 0 aromatic heterocycles. The molecule has 1 aliphatic carbocycles. The number of hydrogen-bond donors (Lipinski definition) is 3. The topological polar surface area (TPSA) is 142 Å². The average molecular weight is 511 g/mol. The molecule has 4 amide bonds. The number of nitrogens with one attached hydrogen (secondary N) is 3. The van der Waals surface area contributed by atoms with Crippen molar-refractivity contribution >= 4 is 33.7 Å². The van der Waals surface area contributed by atoms with Crippen LogP contribution in [0, 0.1) is 5.92 Å². The highest BCUT2D eigenvalue weighted by molar-refractivity contribution is 7.90. The molecular weight excluding hydrogens is 472 g/mol. The Kier molecular flexibility index (Phi) is 8.61. The minimum atomic E-state index is -3.88. The van der Waals surface area contributed by atoms with Crippen molar-refractivity contribution in [3.63, 3.8) is 0 Å². The lowest BCUT2D eigenvalue weighted by Gasteiger charge is -2.30. The third-order valence-electron chi connectivity index (χ3n) is 7.35. The maximum Gasteiger partial charge on any atom is 0.259 e. The van der Waals surface area contributed by atoms with Crippen LogP contribution < -0.4 is 15.4 Å². The van der Waals surface area contributed by atoms with Gasteiger partial charge in [0.05, 0.1) is 5.25 Å². The average Bonchev–Trinajstić information content (AvgIpc) is 3.26. The first-order chi connectivity index (χ1) is 16.5. The predicted molar refractivity (Wildman–Crippen MR) is 130 cm³/mol. The lowest BCUT2D eigenvalue weighted by atomic mass is 10.0. The monoisotopic (exact) mass is 510 g/mol. The normalized spacial score (nSPS) is 31.6. The van der Waals surface area contributed by atoms with Crippen LogP contribution in [0.3, 0.4) is 0 Å². The van der Waals surface area contributed by atoms with E-state index in [-0.39, 0.29) is 17.7 Å². The van der Waals surface area contributed by atoms with Crippen LogP contribution in [0.4, 0.5) is 0 Å². The first-order valence-electron chi connectivity index (χ1n) is 12.6. The molecule has 2 aliphatic heterocycles. The van der Waals surface area contributed by atoms with Gasteiger partial charge in [-0.15, -0.1) is 0 Å². The van der Waals surface area contributed by atoms with Crippen LogP contribution in [0.15, 0.2) is 12.2 Å². The molecule has 35 heavy (non-hydrogen) atoms. The molecule has 0 aromatic rings. The fourth-order valence-corrected chi connectivity index (χ4v) is 5.96. The van der Waals surface area contributed by atoms with Crippen molar-refractivity contribution in [1.82, 2.24) is 20.3 Å². The van der Waals surface area contributed by atoms with Gasteiger partial charge < -0.3 is 15.5 Å². The molecule has 1 unspecified atom stereocenters. The van der Waals surface area contributed by atoms with Crippen LogP contribution in [-0.2, 0) is 29.2 Å². The third-order valence-corrected chi connectivity index (χ3v) is 9.21. The summed E-state index contributed by atoms with van der Waals surface area (Å²) in [5, 5.41) is 4.80. The van der Waals surface area contributed by atoms with Crippen molar-refractivity contribution in [1.29, 1.82) is 0 Å². The lowest BCUT2D eigenvalue weighted by molar-refractivity contribution is -0.142. The van der Waals surface area contributed by atoms with Crippen molar-refractivity contribution in [2.75, 3.05) is 6.54 Å². The maximum absolute atomic E-state index is 13.4. The summed E-state index contributed by atoms with van der Waals surface area (Å²) >= 11 is 0. The van der Waals surface area contributed by atoms with Crippen LogP contribution >= 0.6 is 0 Å². The number of allylic oxidation sites excluding steroid dienone is 1. The van der Waals surface area contributed by atoms with Crippen LogP contribution in [-0.4, -0.2) is 66.4 Å². The fraction of sp³-hybridized carbons (Fsp3) is 0.750. The Labute approximate surface area is 207 Å². The van der Waals surface area contributed by atoms with Gasteiger partial charge in [0, 0.05) is 19.4 Å². The molecule has 11 heteroatoms. The molecular formula is C24H38N4O6S. The first-order valence-corrected chi connectivity index (χ1v) is 14.2. The minimum Gasteiger partial charge on any atom is -0.345 e. The molecule has 1 saturated carbocycles. The van der Waals surface area contributed by atoms with E-state index in [4.69, 9.17) is 0 Å². The number of nitrogens with zero attached hydrogens (tertiary/aromatic N) is 1. The Morgan fingerprint density at radius 1 is 1.20 bits per heavy atom. The largest absolute Gasteiger partial charge is 0.345 e. The Hall–Kier alpha value is -2.43. The molecule has 0 bridgehead atoms. The SMILES string of the molecule is CCC(C)S(=O)(=O)NC(=O)[C@@]12C[C@H]1/C=C\CCCCC[C@H](NC(C)=O)C(=O)N1CCC[C@H]1C(=O)N2. The Bertz CT molecular complexity index is 980. The highest BCUT2D eigenvalue weighted by Crippen LogP contribution is 2.45. The van der Waals surface area contributed by atoms with E-state index < -0.39 is 44.7 Å². The van der Waals surface area contributed by atoms with E-state index in [1.54, 1.807) is 6.92 Å². The van der Waals surface area contributed by atoms with Crippen LogP contribution in [0.25, 0.3) is 0 Å². The number of hydrogen-bond acceptors (Lipinski definition) is 6. The summed E-state index contributed by atoms with van der Waals surface area (Å²) in [4.78, 5) is 53.1. The molecule has 5 atom stereocenters. The predicted octanol–water partition coefficient (Wildman–Crippen LogP) is 1.12. The number of rotatable bonds is 5. The number of sulfonamides is 1. The van der Waals surface area contributed by atoms with E-state index in [0.717, 1.165) is 25.7 Å². The van der Waals surface area contributed by atoms with Gasteiger partial charge in [0.1, 0.15) is 17.6 Å². The minimum absolute atomic E-state index is 0.295. The molecule has 10 nitrogen and oxygen atoms in total. The number of carbonyl (C=O) groups excluding carboxylic acids is 4. The second-order valence-electron chi connectivity index (χ2n) is 9.98. The van der Waals surface area contributed by atoms with E-state index >= 15 is 0 Å². The molecule has 0 radical (unpaired) electrons. The van der Waals surface area contributed by atoms with Crippen molar-refractivity contribution in [3.05, 3.63) is 12.2 Å². The van der Waals surface area contributed by atoms with Gasteiger partial charge in [-0.05, 0) is 51.9 Å². The van der Waals surface area contributed by atoms with E-state index in [1.807, 2.05) is 12.2 Å². The van der Waals surface area contributed by atoms with Crippen LogP contribution in [0.2, 0.25) is 0 Å². The summed E-state index contributed by atoms with van der Waals surface area (Å²) < 4.78 is 27.3. The smallest absolute Gasteiger partial charge is 0.259 e. The van der Waals surface area contributed by atoms with Gasteiger partial charge in [-0.1, -0.05) is 31.9 Å². The van der Waals surface area contributed by atoms with Gasteiger partial charge >= 0.3 is 0 Å². The standard InChI is InChI=1S/C24H38N4O6S/c1-4-16(2)35(33,34)27-23(32)24-15-18(24)11-8-6-5-7-9-12-19(25-17(3)29)22(31)28-14-10-13-20(28)21(30)26-24/h8,11,16,18-20H,4-7,9-10,12-15H2,1-3H3,(H,25,29)(H,26,30)(H,27,32)/b11-8-/t16?,18-,19+,20+,24-/m1/s1. The highest BCUT2D eigenvalue weighted by Gasteiger charge is 2.61. The third kappa shape index (κ3) is 6.23. The van der Waals surface area contributed by atoms with Crippen molar-refractivity contribution in [3.8, 4) is 0 Å². The van der Waals surface area contributed by atoms with Crippen LogP contribution in [0.1, 0.15) is 78.6 Å². The second-order valence-corrected chi connectivity index (χ2v) is 12.1. The number of fused-ring (bicyclic) bond motifs is 2. The van der Waals surface area contributed by atoms with E-state index in [9.17, 15) is 27.6 Å². The number of carbonyl (C=O) groups is 4. The zero-order chi connectivity index (χ0) is 25.8. The zero-order valence-electron chi connectivity index (χ0n) is 20.8. The van der Waals surface area contributed by atoms with Gasteiger partial charge in [-0.25, -0.2) is 8.42 Å². The van der Waals surface area contributed by atoms with Crippen molar-refractivity contribution < 1.29 is 27.6 Å². The van der Waals surface area contributed by atoms with Crippen molar-refractivity contribution in [2.24, 2.45) is 5.92 Å². The highest BCUT2D eigenvalue weighted by atomic mass is 32.2. The molecule has 0 spiro atoms. The molecule has 2 fully saturated rings. The van der Waals surface area contributed by atoms with Gasteiger partial charge in [0.25, 0.3) is 5.91 Å². The van der Waals surface area contributed by atoms with Gasteiger partial charge in [-0.3, -0.25) is 23.9 Å². The molecule has 2 heterocycles. The summed E-state index contributed by atoms with van der Waals surface area (Å²) in [7, 11) is -3.88.